The van der Waals surface area contributed by atoms with E-state index < -0.39 is 6.17 Å². The number of benzene rings is 1. The van der Waals surface area contributed by atoms with Crippen molar-refractivity contribution in [2.75, 3.05) is 5.32 Å². The molecule has 0 saturated carbocycles. The highest BCUT2D eigenvalue weighted by Gasteiger charge is 2.37. The fourth-order valence-electron chi connectivity index (χ4n) is 4.22. The zero-order valence-corrected chi connectivity index (χ0v) is 20.1. The highest BCUT2D eigenvalue weighted by atomic mass is 79.9. The van der Waals surface area contributed by atoms with Crippen LogP contribution in [0.5, 0.6) is 5.75 Å². The minimum Gasteiger partial charge on any atom is -0.506 e. The molecule has 1 aromatic heterocycles. The maximum Gasteiger partial charge on any atom is 0.256 e. The van der Waals surface area contributed by atoms with E-state index >= 15 is 0 Å². The first kappa shape index (κ1) is 20.2. The minimum atomic E-state index is -0.461. The van der Waals surface area contributed by atoms with Gasteiger partial charge in [-0.15, -0.1) is 11.3 Å². The average Bonchev–Trinajstić information content (AvgIpc) is 3.02. The first-order valence-corrected chi connectivity index (χ1v) is 12.0. The van der Waals surface area contributed by atoms with Crippen LogP contribution in [0.3, 0.4) is 0 Å². The van der Waals surface area contributed by atoms with Crippen molar-refractivity contribution < 1.29 is 9.90 Å². The van der Waals surface area contributed by atoms with E-state index in [-0.39, 0.29) is 11.7 Å². The monoisotopic (exact) mass is 526 g/mol. The number of halogens is 2. The van der Waals surface area contributed by atoms with Crippen molar-refractivity contribution in [3.8, 4) is 5.75 Å². The molecule has 2 heterocycles. The van der Waals surface area contributed by atoms with E-state index in [1.807, 2.05) is 6.07 Å². The topological polar surface area (TPSA) is 61.4 Å². The number of nitrogens with one attached hydrogen (secondary N) is 2. The molecule has 1 aliphatic heterocycles. The molecule has 0 saturated heterocycles. The van der Waals surface area contributed by atoms with Gasteiger partial charge in [-0.1, -0.05) is 43.1 Å². The number of hydrogen-bond donors (Lipinski definition) is 3. The molecule has 0 bridgehead atoms. The van der Waals surface area contributed by atoms with Crippen LogP contribution in [0.4, 0.5) is 5.00 Å². The summed E-state index contributed by atoms with van der Waals surface area (Å²) in [6.07, 6.45) is 3.84. The molecule has 2 atom stereocenters. The van der Waals surface area contributed by atoms with E-state index in [0.29, 0.717) is 21.4 Å². The van der Waals surface area contributed by atoms with Crippen LogP contribution in [-0.2, 0) is 12.8 Å². The first-order valence-electron chi connectivity index (χ1n) is 9.61. The summed E-state index contributed by atoms with van der Waals surface area (Å²) in [6.45, 7) is 6.97. The Hall–Kier alpha value is -1.05. The smallest absolute Gasteiger partial charge is 0.256 e. The van der Waals surface area contributed by atoms with Gasteiger partial charge in [0, 0.05) is 14.9 Å². The Kier molecular flexibility index (Phi) is 5.30. The predicted octanol–water partition coefficient (Wildman–Crippen LogP) is 6.37. The molecule has 1 amide bonds. The lowest BCUT2D eigenvalue weighted by atomic mass is 9.69. The molecule has 150 valence electrons. The van der Waals surface area contributed by atoms with Gasteiger partial charge in [0.15, 0.2) is 0 Å². The van der Waals surface area contributed by atoms with E-state index in [9.17, 15) is 9.90 Å². The van der Waals surface area contributed by atoms with Gasteiger partial charge in [-0.2, -0.15) is 0 Å². The van der Waals surface area contributed by atoms with Crippen molar-refractivity contribution in [1.82, 2.24) is 5.32 Å². The molecular weight excluding hydrogens is 504 g/mol. The van der Waals surface area contributed by atoms with Gasteiger partial charge >= 0.3 is 0 Å². The third-order valence-corrected chi connectivity index (χ3v) is 8.68. The predicted molar refractivity (Wildman–Crippen MR) is 121 cm³/mol. The Bertz CT molecular complexity index is 954. The second-order valence-corrected chi connectivity index (χ2v) is 11.2. The molecule has 4 nitrogen and oxygen atoms in total. The molecule has 0 unspecified atom stereocenters. The number of phenols is 1. The third-order valence-electron chi connectivity index (χ3n) is 6.43. The van der Waals surface area contributed by atoms with Crippen LogP contribution in [0, 0.1) is 11.3 Å². The minimum absolute atomic E-state index is 0.0556. The highest BCUT2D eigenvalue weighted by Crippen LogP contribution is 2.47. The number of anilines is 1. The van der Waals surface area contributed by atoms with Crippen molar-refractivity contribution >= 4 is 54.1 Å². The van der Waals surface area contributed by atoms with Crippen LogP contribution < -0.4 is 10.6 Å². The van der Waals surface area contributed by atoms with E-state index in [1.165, 1.54) is 10.4 Å². The Labute approximate surface area is 186 Å². The molecule has 0 fully saturated rings. The maximum absolute atomic E-state index is 13.0. The molecule has 4 rings (SSSR count). The number of fused-ring (bicyclic) bond motifs is 3. The van der Waals surface area contributed by atoms with Crippen LogP contribution >= 0.6 is 43.2 Å². The number of thiophene rings is 1. The normalized spacial score (nSPS) is 21.5. The van der Waals surface area contributed by atoms with Crippen LogP contribution in [0.2, 0.25) is 0 Å². The van der Waals surface area contributed by atoms with Gasteiger partial charge in [0.1, 0.15) is 16.9 Å². The molecule has 7 heteroatoms. The second kappa shape index (κ2) is 7.33. The Morgan fingerprint density at radius 2 is 2.04 bits per heavy atom. The first-order chi connectivity index (χ1) is 13.2. The number of carbonyl (C=O) groups excluding carboxylic acids is 1. The van der Waals surface area contributed by atoms with Gasteiger partial charge in [-0.05, 0) is 64.2 Å². The summed E-state index contributed by atoms with van der Waals surface area (Å²) < 4.78 is 1.43. The molecule has 1 aliphatic carbocycles. The van der Waals surface area contributed by atoms with E-state index in [1.54, 1.807) is 17.4 Å². The van der Waals surface area contributed by atoms with E-state index in [2.05, 4.69) is 63.3 Å². The molecule has 3 N–H and O–H groups in total. The molecule has 2 aromatic rings. The van der Waals surface area contributed by atoms with E-state index in [4.69, 9.17) is 0 Å². The van der Waals surface area contributed by atoms with Gasteiger partial charge in [0.05, 0.1) is 10.0 Å². The Morgan fingerprint density at radius 3 is 2.75 bits per heavy atom. The van der Waals surface area contributed by atoms with Gasteiger partial charge in [0.2, 0.25) is 0 Å². The molecule has 0 radical (unpaired) electrons. The van der Waals surface area contributed by atoms with Crippen molar-refractivity contribution in [2.24, 2.45) is 11.3 Å². The van der Waals surface area contributed by atoms with Crippen LogP contribution in [0.25, 0.3) is 0 Å². The zero-order valence-electron chi connectivity index (χ0n) is 16.2. The Morgan fingerprint density at radius 1 is 1.29 bits per heavy atom. The molecule has 2 aliphatic rings. The summed E-state index contributed by atoms with van der Waals surface area (Å²) >= 11 is 8.54. The average molecular weight is 528 g/mol. The van der Waals surface area contributed by atoms with Crippen LogP contribution in [-0.4, -0.2) is 11.0 Å². The maximum atomic E-state index is 13.0. The summed E-state index contributed by atoms with van der Waals surface area (Å²) in [4.78, 5) is 14.3. The molecule has 0 spiro atoms. The van der Waals surface area contributed by atoms with Crippen LogP contribution in [0.1, 0.15) is 66.1 Å². The fourth-order valence-corrected chi connectivity index (χ4v) is 6.83. The fraction of sp³-hybridized carbons (Fsp3) is 0.476. The van der Waals surface area contributed by atoms with E-state index in [0.717, 1.165) is 40.7 Å². The quantitative estimate of drug-likeness (QED) is 0.434. The standard InChI is InChI=1S/C21H24Br2N2O2S/c1-4-21(2,3)10-5-6-12-15(7-10)28-20-16(12)19(27)24-18(25-20)13-8-11(22)9-14(23)17(13)26/h8-10,18,25-26H,4-7H2,1-3H3,(H,24,27)/t10-,18-/m1/s1. The zero-order chi connectivity index (χ0) is 20.2. The van der Waals surface area contributed by atoms with Gasteiger partial charge < -0.3 is 15.7 Å². The number of carbonyl (C=O) groups is 1. The number of hydrogen-bond acceptors (Lipinski definition) is 4. The number of phenolic OH excluding ortho intramolecular Hbond substituents is 1. The Balaban J connectivity index is 1.67. The van der Waals surface area contributed by atoms with Crippen LogP contribution in [0.15, 0.2) is 21.1 Å². The largest absolute Gasteiger partial charge is 0.506 e. The molecule has 28 heavy (non-hydrogen) atoms. The third kappa shape index (κ3) is 3.39. The SMILES string of the molecule is CCC(C)(C)[C@@H]1CCc2c(sc3c2C(=O)N[C@@H](c2cc(Br)cc(Br)c2O)N3)C1. The van der Waals surface area contributed by atoms with Gasteiger partial charge in [-0.3, -0.25) is 4.79 Å². The van der Waals surface area contributed by atoms with Crippen molar-refractivity contribution in [1.29, 1.82) is 0 Å². The summed E-state index contributed by atoms with van der Waals surface area (Å²) in [6, 6.07) is 3.62. The lowest BCUT2D eigenvalue weighted by Crippen LogP contribution is -2.38. The van der Waals surface area contributed by atoms with Crippen molar-refractivity contribution in [2.45, 2.75) is 52.6 Å². The lowest BCUT2D eigenvalue weighted by Gasteiger charge is -2.36. The number of aromatic hydroxyl groups is 1. The van der Waals surface area contributed by atoms with Gasteiger partial charge in [-0.25, -0.2) is 0 Å². The van der Waals surface area contributed by atoms with Crippen molar-refractivity contribution in [3.05, 3.63) is 42.6 Å². The lowest BCUT2D eigenvalue weighted by molar-refractivity contribution is 0.0934. The molecular formula is C21H24Br2N2O2S. The van der Waals surface area contributed by atoms with Crippen molar-refractivity contribution in [3.63, 3.8) is 0 Å². The highest BCUT2D eigenvalue weighted by molar-refractivity contribution is 9.11. The number of rotatable bonds is 3. The van der Waals surface area contributed by atoms with Gasteiger partial charge in [0.25, 0.3) is 5.91 Å². The second-order valence-electron chi connectivity index (χ2n) is 8.37. The summed E-state index contributed by atoms with van der Waals surface area (Å²) in [5, 5.41) is 17.9. The summed E-state index contributed by atoms with van der Waals surface area (Å²) in [7, 11) is 0. The molecule has 1 aromatic carbocycles. The summed E-state index contributed by atoms with van der Waals surface area (Å²) in [5.74, 6) is 0.726. The summed E-state index contributed by atoms with van der Waals surface area (Å²) in [5.41, 5.74) is 2.97. The number of amides is 1.